The predicted octanol–water partition coefficient (Wildman–Crippen LogP) is 4.26. The van der Waals surface area contributed by atoms with Crippen LogP contribution in [0.1, 0.15) is 67.1 Å². The van der Waals surface area contributed by atoms with Gasteiger partial charge in [0.25, 0.3) is 5.91 Å². The molecule has 0 bridgehead atoms. The van der Waals surface area contributed by atoms with Crippen LogP contribution in [0.25, 0.3) is 0 Å². The number of carbonyl (C=O) groups excluding carboxylic acids is 3. The third-order valence-corrected chi connectivity index (χ3v) is 8.00. The van der Waals surface area contributed by atoms with Crippen molar-refractivity contribution in [2.24, 2.45) is 5.92 Å². The van der Waals surface area contributed by atoms with Crippen LogP contribution < -0.4 is 5.32 Å². The highest BCUT2D eigenvalue weighted by Crippen LogP contribution is 2.42. The molecule has 0 aromatic heterocycles. The van der Waals surface area contributed by atoms with E-state index >= 15 is 0 Å². The Labute approximate surface area is 235 Å². The van der Waals surface area contributed by atoms with Gasteiger partial charge in [-0.05, 0) is 41.5 Å². The molecule has 1 saturated heterocycles. The Kier molecular flexibility index (Phi) is 8.63. The number of hydrogen-bond acceptors (Lipinski definition) is 9. The number of rotatable bonds is 9. The van der Waals surface area contributed by atoms with Crippen LogP contribution in [0.3, 0.4) is 0 Å². The van der Waals surface area contributed by atoms with Gasteiger partial charge in [-0.2, -0.15) is 11.8 Å². The number of anilines is 1. The highest BCUT2D eigenvalue weighted by molar-refractivity contribution is 7.99. The third kappa shape index (κ3) is 5.96. The van der Waals surface area contributed by atoms with Gasteiger partial charge in [0.05, 0.1) is 36.5 Å². The van der Waals surface area contributed by atoms with Crippen LogP contribution in [0.2, 0.25) is 0 Å². The van der Waals surface area contributed by atoms with E-state index in [0.29, 0.717) is 22.8 Å². The number of hydrogen-bond donors (Lipinski definition) is 3. The number of aliphatic hydroxyl groups is 2. The maximum absolute atomic E-state index is 13.0. The third-order valence-electron chi connectivity index (χ3n) is 6.96. The van der Waals surface area contributed by atoms with E-state index in [1.807, 2.05) is 30.3 Å². The second kappa shape index (κ2) is 12.3. The molecule has 0 spiro atoms. The zero-order valence-corrected chi connectivity index (χ0v) is 22.6. The van der Waals surface area contributed by atoms with E-state index in [-0.39, 0.29) is 48.0 Å². The van der Waals surface area contributed by atoms with Crippen LogP contribution in [0.4, 0.5) is 5.69 Å². The van der Waals surface area contributed by atoms with Crippen molar-refractivity contribution in [3.8, 4) is 0 Å². The molecule has 0 radical (unpaired) electrons. The fourth-order valence-electron chi connectivity index (χ4n) is 4.77. The quantitative estimate of drug-likeness (QED) is 0.199. The highest BCUT2D eigenvalue weighted by atomic mass is 32.2. The van der Waals surface area contributed by atoms with Gasteiger partial charge in [0.1, 0.15) is 0 Å². The Morgan fingerprint density at radius 2 is 1.70 bits per heavy atom. The fourth-order valence-corrected chi connectivity index (χ4v) is 5.68. The number of fused-ring (bicyclic) bond motifs is 1. The van der Waals surface area contributed by atoms with Gasteiger partial charge in [-0.1, -0.05) is 43.3 Å². The van der Waals surface area contributed by atoms with E-state index < -0.39 is 24.1 Å². The maximum Gasteiger partial charge on any atom is 0.346 e. The van der Waals surface area contributed by atoms with E-state index in [1.165, 1.54) is 18.2 Å². The average Bonchev–Trinajstić information content (AvgIpc) is 3.26. The van der Waals surface area contributed by atoms with Crippen LogP contribution in [0.15, 0.2) is 66.7 Å². The SMILES string of the molecule is C[C@H]1[C@@H](CSCCO)OC(c2cccc(NC(=O)c3ccc4c(c3)C(=O)OC4=O)c2)O[C@H]1c1ccc(CO)cc1. The first-order valence-corrected chi connectivity index (χ1v) is 14.0. The van der Waals surface area contributed by atoms with Gasteiger partial charge in [-0.15, -0.1) is 0 Å². The molecule has 0 aliphatic carbocycles. The number of carbonyl (C=O) groups is 3. The number of ether oxygens (including phenoxy) is 3. The molecule has 1 amide bonds. The van der Waals surface area contributed by atoms with Gasteiger partial charge in [0, 0.05) is 34.2 Å². The molecule has 2 aliphatic heterocycles. The van der Waals surface area contributed by atoms with Crippen molar-refractivity contribution in [1.82, 2.24) is 0 Å². The molecular formula is C30H29NO8S. The summed E-state index contributed by atoms with van der Waals surface area (Å²) in [6.07, 6.45) is -1.15. The summed E-state index contributed by atoms with van der Waals surface area (Å²) in [6.45, 7) is 2.11. The molecule has 0 saturated carbocycles. The second-order valence-electron chi connectivity index (χ2n) is 9.64. The molecule has 1 fully saturated rings. The average molecular weight is 564 g/mol. The van der Waals surface area contributed by atoms with Crippen LogP contribution >= 0.6 is 11.8 Å². The lowest BCUT2D eigenvalue weighted by Gasteiger charge is -2.41. The first kappa shape index (κ1) is 28.0. The number of esters is 2. The maximum atomic E-state index is 13.0. The highest BCUT2D eigenvalue weighted by Gasteiger charge is 2.38. The molecule has 2 aliphatic rings. The normalized spacial score (nSPS) is 22.1. The summed E-state index contributed by atoms with van der Waals surface area (Å²) in [5, 5.41) is 21.5. The topological polar surface area (TPSA) is 131 Å². The molecule has 9 nitrogen and oxygen atoms in total. The first-order valence-electron chi connectivity index (χ1n) is 12.9. The van der Waals surface area contributed by atoms with Crippen molar-refractivity contribution in [2.45, 2.75) is 32.0 Å². The lowest BCUT2D eigenvalue weighted by molar-refractivity contribution is -0.268. The molecule has 3 aromatic carbocycles. The summed E-state index contributed by atoms with van der Waals surface area (Å²) in [7, 11) is 0. The molecular weight excluding hydrogens is 534 g/mol. The lowest BCUT2D eigenvalue weighted by atomic mass is 9.91. The zero-order chi connectivity index (χ0) is 28.2. The molecule has 5 rings (SSSR count). The van der Waals surface area contributed by atoms with Crippen molar-refractivity contribution in [2.75, 3.05) is 23.4 Å². The summed E-state index contributed by atoms with van der Waals surface area (Å²) in [4.78, 5) is 36.6. The fraction of sp³-hybridized carbons (Fsp3) is 0.300. The summed E-state index contributed by atoms with van der Waals surface area (Å²) in [5.41, 5.74) is 3.40. The number of nitrogens with one attached hydrogen (secondary N) is 1. The molecule has 3 N–H and O–H groups in total. The van der Waals surface area contributed by atoms with E-state index in [4.69, 9.17) is 9.47 Å². The molecule has 208 valence electrons. The van der Waals surface area contributed by atoms with Crippen molar-refractivity contribution in [3.05, 3.63) is 100 Å². The Morgan fingerprint density at radius 1 is 0.925 bits per heavy atom. The Hall–Kier alpha value is -3.54. The second-order valence-corrected chi connectivity index (χ2v) is 10.8. The summed E-state index contributed by atoms with van der Waals surface area (Å²) >= 11 is 1.61. The van der Waals surface area contributed by atoms with Crippen LogP contribution in [-0.4, -0.2) is 52.3 Å². The van der Waals surface area contributed by atoms with Gasteiger partial charge < -0.3 is 29.7 Å². The standard InChI is InChI=1S/C30H29NO8S/c1-17-25(16-40-12-11-32)37-30(38-26(17)19-7-5-18(15-33)6-8-19)21-3-2-4-22(13-21)31-27(34)20-9-10-23-24(14-20)29(36)39-28(23)35/h2-10,13-14,17,25-26,30,32-33H,11-12,15-16H2,1H3,(H,31,34)/t17-,25+,26+,30?/m0/s1. The minimum Gasteiger partial charge on any atom is -0.396 e. The molecule has 3 aromatic rings. The smallest absolute Gasteiger partial charge is 0.346 e. The molecule has 40 heavy (non-hydrogen) atoms. The summed E-state index contributed by atoms with van der Waals surface area (Å²) < 4.78 is 17.4. The van der Waals surface area contributed by atoms with Crippen molar-refractivity contribution in [1.29, 1.82) is 0 Å². The first-order chi connectivity index (χ1) is 19.4. The van der Waals surface area contributed by atoms with Gasteiger partial charge in [0.2, 0.25) is 0 Å². The van der Waals surface area contributed by atoms with Gasteiger partial charge in [-0.25, -0.2) is 9.59 Å². The molecule has 2 heterocycles. The zero-order valence-electron chi connectivity index (χ0n) is 21.7. The summed E-state index contributed by atoms with van der Waals surface area (Å²) in [5.74, 6) is -0.659. The van der Waals surface area contributed by atoms with Crippen LogP contribution in [0, 0.1) is 5.92 Å². The number of thioether (sulfide) groups is 1. The number of benzene rings is 3. The van der Waals surface area contributed by atoms with Crippen LogP contribution in [0.5, 0.6) is 0 Å². The number of amides is 1. The van der Waals surface area contributed by atoms with E-state index in [0.717, 1.165) is 11.1 Å². The molecule has 1 unspecified atom stereocenters. The lowest BCUT2D eigenvalue weighted by Crippen LogP contribution is -2.38. The van der Waals surface area contributed by atoms with Crippen LogP contribution in [-0.2, 0) is 20.8 Å². The monoisotopic (exact) mass is 563 g/mol. The van der Waals surface area contributed by atoms with Gasteiger partial charge in [-0.3, -0.25) is 4.79 Å². The molecule has 10 heteroatoms. The van der Waals surface area contributed by atoms with E-state index in [2.05, 4.69) is 17.0 Å². The summed E-state index contributed by atoms with van der Waals surface area (Å²) in [6, 6.07) is 19.0. The number of cyclic esters (lactones) is 2. The van der Waals surface area contributed by atoms with Gasteiger partial charge >= 0.3 is 11.9 Å². The van der Waals surface area contributed by atoms with E-state index in [1.54, 1.807) is 30.0 Å². The van der Waals surface area contributed by atoms with E-state index in [9.17, 15) is 24.6 Å². The minimum atomic E-state index is -0.773. The van der Waals surface area contributed by atoms with Crippen molar-refractivity contribution in [3.63, 3.8) is 0 Å². The number of aliphatic hydroxyl groups excluding tert-OH is 2. The van der Waals surface area contributed by atoms with Crippen molar-refractivity contribution < 1.29 is 38.8 Å². The largest absolute Gasteiger partial charge is 0.396 e. The minimum absolute atomic E-state index is 0.0173. The van der Waals surface area contributed by atoms with Gasteiger partial charge in [0.15, 0.2) is 6.29 Å². The Balaban J connectivity index is 1.36. The van der Waals surface area contributed by atoms with Crippen molar-refractivity contribution >= 4 is 35.3 Å². The molecule has 4 atom stereocenters. The Bertz CT molecular complexity index is 1410. The predicted molar refractivity (Wildman–Crippen MR) is 148 cm³/mol. The Morgan fingerprint density at radius 3 is 2.45 bits per heavy atom.